The monoisotopic (exact) mass is 1040 g/mol. The molecule has 4 aromatic rings. The van der Waals surface area contributed by atoms with Crippen LogP contribution in [0.3, 0.4) is 0 Å². The van der Waals surface area contributed by atoms with E-state index in [4.69, 9.17) is 22.9 Å². The lowest BCUT2D eigenvalue weighted by atomic mass is 10.0. The van der Waals surface area contributed by atoms with Gasteiger partial charge in [0.25, 0.3) is 0 Å². The number of imidazole rings is 1. The van der Waals surface area contributed by atoms with E-state index in [-0.39, 0.29) is 95.9 Å². The predicted octanol–water partition coefficient (Wildman–Crippen LogP) is -2.10. The third-order valence-electron chi connectivity index (χ3n) is 12.1. The van der Waals surface area contributed by atoms with Crippen molar-refractivity contribution in [1.29, 1.82) is 0 Å². The van der Waals surface area contributed by atoms with Crippen LogP contribution in [-0.4, -0.2) is 137 Å². The molecule has 18 N–H and O–H groups in total. The summed E-state index contributed by atoms with van der Waals surface area (Å²) >= 11 is 0. The summed E-state index contributed by atoms with van der Waals surface area (Å²) in [5, 5.41) is 22.6. The van der Waals surface area contributed by atoms with Crippen LogP contribution in [0, 0.1) is 5.82 Å². The van der Waals surface area contributed by atoms with Crippen LogP contribution in [0.15, 0.2) is 77.2 Å². The van der Waals surface area contributed by atoms with Crippen molar-refractivity contribution in [2.75, 3.05) is 26.2 Å². The number of benzene rings is 2. The molecule has 1 aliphatic heterocycles. The molecule has 8 amide bonds. The molecule has 1 aliphatic rings. The highest BCUT2D eigenvalue weighted by Gasteiger charge is 2.34. The Morgan fingerprint density at radius 2 is 1.37 bits per heavy atom. The Bertz CT molecular complexity index is 2630. The van der Waals surface area contributed by atoms with Gasteiger partial charge >= 0.3 is 0 Å². The van der Waals surface area contributed by atoms with Gasteiger partial charge in [-0.15, -0.1) is 0 Å². The third kappa shape index (κ3) is 19.4. The highest BCUT2D eigenvalue weighted by Crippen LogP contribution is 2.20. The summed E-state index contributed by atoms with van der Waals surface area (Å²) in [6, 6.07) is 4.61. The maximum Gasteiger partial charge on any atom is 0.243 e. The smallest absolute Gasteiger partial charge is 0.243 e. The van der Waals surface area contributed by atoms with E-state index in [0.29, 0.717) is 24.1 Å². The van der Waals surface area contributed by atoms with E-state index in [2.05, 4.69) is 67.5 Å². The lowest BCUT2D eigenvalue weighted by Crippen LogP contribution is -2.60. The maximum absolute atomic E-state index is 14.6. The average Bonchev–Trinajstić information content (AvgIpc) is 4.04. The molecule has 2 aromatic carbocycles. The van der Waals surface area contributed by atoms with E-state index in [0.717, 1.165) is 16.5 Å². The molecular formula is C49H68FN17O8. The topological polar surface area (TPSA) is 406 Å². The fraction of sp³-hybridized carbons (Fsp3) is 0.449. The Kier molecular flexibility index (Phi) is 22.3. The number of H-pyrrole nitrogens is 2. The predicted molar refractivity (Wildman–Crippen MR) is 276 cm³/mol. The highest BCUT2D eigenvalue weighted by atomic mass is 19.1. The van der Waals surface area contributed by atoms with Crippen LogP contribution in [0.1, 0.15) is 75.1 Å². The first-order valence-corrected chi connectivity index (χ1v) is 24.7. The molecule has 2 aromatic heterocycles. The number of amides is 8. The minimum Gasteiger partial charge on any atom is -0.370 e. The van der Waals surface area contributed by atoms with Crippen molar-refractivity contribution in [3.63, 3.8) is 0 Å². The minimum absolute atomic E-state index is 0.0295. The second-order valence-electron chi connectivity index (χ2n) is 18.0. The number of halogens is 1. The second-order valence-corrected chi connectivity index (χ2v) is 18.0. The summed E-state index contributed by atoms with van der Waals surface area (Å²) in [6.45, 7) is 1.43. The number of aromatic amines is 2. The van der Waals surface area contributed by atoms with Crippen LogP contribution in [0.5, 0.6) is 0 Å². The van der Waals surface area contributed by atoms with Gasteiger partial charge in [0.05, 0.1) is 6.33 Å². The summed E-state index contributed by atoms with van der Waals surface area (Å²) < 4.78 is 14.2. The molecule has 75 heavy (non-hydrogen) atoms. The van der Waals surface area contributed by atoms with Gasteiger partial charge in [0, 0.05) is 87.8 Å². The number of hydrogen-bond donors (Lipinski definition) is 14. The Morgan fingerprint density at radius 1 is 0.733 bits per heavy atom. The van der Waals surface area contributed by atoms with Gasteiger partial charge in [-0.2, -0.15) is 0 Å². The number of nitrogens with one attached hydrogen (secondary N) is 10. The molecule has 0 bridgehead atoms. The average molecular weight is 1040 g/mol. The molecule has 0 saturated carbocycles. The Hall–Kier alpha value is -8.58. The van der Waals surface area contributed by atoms with Gasteiger partial charge in [-0.3, -0.25) is 48.3 Å². The number of hydrogen-bond acceptors (Lipinski definition) is 11. The molecule has 26 heteroatoms. The van der Waals surface area contributed by atoms with E-state index in [1.165, 1.54) is 43.7 Å². The van der Waals surface area contributed by atoms with Gasteiger partial charge in [0.2, 0.25) is 47.3 Å². The third-order valence-corrected chi connectivity index (χ3v) is 12.1. The summed E-state index contributed by atoms with van der Waals surface area (Å²) in [7, 11) is 0. The van der Waals surface area contributed by atoms with Crippen molar-refractivity contribution in [2.24, 2.45) is 32.9 Å². The lowest BCUT2D eigenvalue weighted by Gasteiger charge is -2.28. The fourth-order valence-electron chi connectivity index (χ4n) is 8.23. The molecular weight excluding hydrogens is 974 g/mol. The maximum atomic E-state index is 14.6. The van der Waals surface area contributed by atoms with E-state index in [9.17, 15) is 42.7 Å². The van der Waals surface area contributed by atoms with Crippen LogP contribution >= 0.6 is 0 Å². The van der Waals surface area contributed by atoms with Gasteiger partial charge < -0.3 is 75.4 Å². The van der Waals surface area contributed by atoms with Gasteiger partial charge in [-0.05, 0) is 74.3 Å². The number of aliphatic imine (C=N–C) groups is 2. The summed E-state index contributed by atoms with van der Waals surface area (Å²) in [5.41, 5.74) is 24.4. The first kappa shape index (κ1) is 57.3. The zero-order valence-electron chi connectivity index (χ0n) is 41.7. The number of aromatic nitrogens is 3. The van der Waals surface area contributed by atoms with Gasteiger partial charge in [-0.1, -0.05) is 30.3 Å². The standard InChI is InChI=1S/C49H68FN17O8/c1-28(68)62-35(10-6-19-58-48(51)52)43(71)64-37-17-21-56-41(69)12-4-5-18-57-42(70)39(23-30-25-60-34-9-3-2-8-33(30)34)66-44(72)36(11-7-20-59-49(53)54)63-46(74)38(22-29-13-15-31(50)16-14-29)65-47(75)40(67-45(37)73)24-32-26-55-27-61-32/h2-3,8-9,13-16,25-27,35-40,60H,4-7,10-12,17-24H2,1H3,(H,55,61)(H,56,69)(H,57,70)(H,62,68)(H,63,74)(H,64,71)(H,65,75)(H,66,72)(H,67,73)(H4,51,52,58)(H4,53,54,59)/t35-,36-,37-,38+,39-,40-/m0/s1. The normalized spacial score (nSPS) is 20.2. The molecule has 3 heterocycles. The largest absolute Gasteiger partial charge is 0.370 e. The molecule has 0 spiro atoms. The Labute approximate surface area is 432 Å². The van der Waals surface area contributed by atoms with Crippen molar-refractivity contribution in [1.82, 2.24) is 57.5 Å². The SMILES string of the molecule is CC(=O)N[C@@H](CCCN=C(N)N)C(=O)N[C@H]1CCNC(=O)CCCCNC(=O)[C@H](Cc2c[nH]c3ccccc23)NC(=O)[C@H](CCCN=C(N)N)NC(=O)[C@@H](Cc2ccc(F)cc2)NC(=O)[C@H](Cc2cnc[nH]2)NC1=O. The summed E-state index contributed by atoms with van der Waals surface area (Å²) in [5.74, 6) is -6.52. The van der Waals surface area contributed by atoms with Crippen LogP contribution in [-0.2, 0) is 57.6 Å². The number of rotatable bonds is 17. The van der Waals surface area contributed by atoms with Gasteiger partial charge in [-0.25, -0.2) is 9.37 Å². The molecule has 25 nitrogen and oxygen atoms in total. The van der Waals surface area contributed by atoms with Crippen molar-refractivity contribution in [3.05, 3.63) is 89.9 Å². The molecule has 6 atom stereocenters. The van der Waals surface area contributed by atoms with Crippen LogP contribution < -0.4 is 65.5 Å². The Balaban J connectivity index is 1.51. The summed E-state index contributed by atoms with van der Waals surface area (Å²) in [4.78, 5) is 129. The van der Waals surface area contributed by atoms with E-state index in [1.807, 2.05) is 24.3 Å². The number of fused-ring (bicyclic) bond motifs is 1. The van der Waals surface area contributed by atoms with Gasteiger partial charge in [0.1, 0.15) is 42.1 Å². The van der Waals surface area contributed by atoms with Crippen molar-refractivity contribution < 1.29 is 42.7 Å². The fourth-order valence-corrected chi connectivity index (χ4v) is 8.23. The van der Waals surface area contributed by atoms with Crippen molar-refractivity contribution in [2.45, 2.75) is 114 Å². The number of para-hydroxylation sites is 1. The zero-order valence-corrected chi connectivity index (χ0v) is 41.7. The molecule has 1 saturated heterocycles. The number of carbonyl (C=O) groups is 8. The van der Waals surface area contributed by atoms with Crippen LogP contribution in [0.2, 0.25) is 0 Å². The zero-order chi connectivity index (χ0) is 54.3. The Morgan fingerprint density at radius 3 is 2.05 bits per heavy atom. The molecule has 404 valence electrons. The summed E-state index contributed by atoms with van der Waals surface area (Å²) in [6.07, 6.45) is 5.11. The molecule has 0 unspecified atom stereocenters. The highest BCUT2D eigenvalue weighted by molar-refractivity contribution is 5.97. The molecule has 5 rings (SSSR count). The van der Waals surface area contributed by atoms with E-state index in [1.54, 1.807) is 6.20 Å². The van der Waals surface area contributed by atoms with Crippen molar-refractivity contribution >= 4 is 70.1 Å². The van der Waals surface area contributed by atoms with Crippen molar-refractivity contribution in [3.8, 4) is 0 Å². The van der Waals surface area contributed by atoms with E-state index < -0.39 is 89.3 Å². The first-order chi connectivity index (χ1) is 35.9. The number of nitrogens with zero attached hydrogens (tertiary/aromatic N) is 3. The molecule has 1 fully saturated rings. The number of carbonyl (C=O) groups excluding carboxylic acids is 8. The quantitative estimate of drug-likeness (QED) is 0.0307. The van der Waals surface area contributed by atoms with Crippen LogP contribution in [0.4, 0.5) is 4.39 Å². The van der Waals surface area contributed by atoms with E-state index >= 15 is 0 Å². The van der Waals surface area contributed by atoms with Crippen LogP contribution in [0.25, 0.3) is 10.9 Å². The molecule has 0 radical (unpaired) electrons. The lowest BCUT2D eigenvalue weighted by molar-refractivity contribution is -0.135. The molecule has 0 aliphatic carbocycles. The van der Waals surface area contributed by atoms with Gasteiger partial charge in [0.15, 0.2) is 11.9 Å². The first-order valence-electron chi connectivity index (χ1n) is 24.7. The number of guanidine groups is 2. The second kappa shape index (κ2) is 29.2. The number of nitrogens with two attached hydrogens (primary N) is 4. The minimum atomic E-state index is -1.48.